The molecule has 2 rings (SSSR count). The lowest BCUT2D eigenvalue weighted by Crippen LogP contribution is -1.98. The Bertz CT molecular complexity index is 687. The highest BCUT2D eigenvalue weighted by molar-refractivity contribution is 6.36. The predicted molar refractivity (Wildman–Crippen MR) is 89.0 cm³/mol. The Morgan fingerprint density at radius 2 is 1.71 bits per heavy atom. The van der Waals surface area contributed by atoms with Gasteiger partial charge in [0.2, 0.25) is 5.88 Å². The van der Waals surface area contributed by atoms with E-state index < -0.39 is 0 Å². The summed E-state index contributed by atoms with van der Waals surface area (Å²) in [6, 6.07) is 5.26. The summed E-state index contributed by atoms with van der Waals surface area (Å²) in [5, 5.41) is 1.31. The second-order valence-corrected chi connectivity index (χ2v) is 6.26. The number of hydrogen-bond donors (Lipinski definition) is 1. The average Bonchev–Trinajstić information content (AvgIpc) is 2.38. The number of anilines is 1. The molecule has 0 bridgehead atoms. The molecule has 21 heavy (non-hydrogen) atoms. The standard InChI is InChI=1S/C15H15Cl3N2O/c1-7(2)9-5-13(8(3)4-10(9)16)21-15-12(18)6-11(17)14(19)20-15/h4-7H,1-3H3,(H2,19,20). The number of nitrogens with two attached hydrogens (primary N) is 1. The van der Waals surface area contributed by atoms with Crippen LogP contribution in [0.15, 0.2) is 18.2 Å². The van der Waals surface area contributed by atoms with Gasteiger partial charge in [0.1, 0.15) is 16.6 Å². The van der Waals surface area contributed by atoms with E-state index in [0.29, 0.717) is 20.8 Å². The lowest BCUT2D eigenvalue weighted by Gasteiger charge is -2.15. The number of ether oxygens (including phenoxy) is 1. The number of hydrogen-bond acceptors (Lipinski definition) is 3. The fraction of sp³-hybridized carbons (Fsp3) is 0.267. The van der Waals surface area contributed by atoms with Gasteiger partial charge >= 0.3 is 0 Å². The SMILES string of the molecule is Cc1cc(Cl)c(C(C)C)cc1Oc1nc(N)c(Cl)cc1Cl. The summed E-state index contributed by atoms with van der Waals surface area (Å²) in [5.41, 5.74) is 7.56. The Morgan fingerprint density at radius 3 is 2.33 bits per heavy atom. The van der Waals surface area contributed by atoms with Crippen molar-refractivity contribution < 1.29 is 4.74 Å². The van der Waals surface area contributed by atoms with Crippen LogP contribution >= 0.6 is 34.8 Å². The third-order valence-corrected chi connectivity index (χ3v) is 3.95. The summed E-state index contributed by atoms with van der Waals surface area (Å²) in [4.78, 5) is 4.06. The van der Waals surface area contributed by atoms with Crippen molar-refractivity contribution >= 4 is 40.6 Å². The van der Waals surface area contributed by atoms with Crippen LogP contribution in [0.4, 0.5) is 5.82 Å². The Balaban J connectivity index is 2.44. The molecule has 0 aliphatic heterocycles. The first-order valence-corrected chi connectivity index (χ1v) is 7.52. The lowest BCUT2D eigenvalue weighted by molar-refractivity contribution is 0.459. The lowest BCUT2D eigenvalue weighted by atomic mass is 10.0. The second kappa shape index (κ2) is 6.30. The summed E-state index contributed by atoms with van der Waals surface area (Å²) in [7, 11) is 0. The van der Waals surface area contributed by atoms with Crippen LogP contribution in [0.5, 0.6) is 11.6 Å². The van der Waals surface area contributed by atoms with Gasteiger partial charge in [-0.2, -0.15) is 4.98 Å². The number of rotatable bonds is 3. The average molecular weight is 346 g/mol. The first-order chi connectivity index (χ1) is 9.79. The Kier molecular flexibility index (Phi) is 4.87. The van der Waals surface area contributed by atoms with Gasteiger partial charge in [0, 0.05) is 5.02 Å². The fourth-order valence-electron chi connectivity index (χ4n) is 1.86. The van der Waals surface area contributed by atoms with Crippen LogP contribution < -0.4 is 10.5 Å². The molecule has 1 heterocycles. The maximum atomic E-state index is 6.24. The van der Waals surface area contributed by atoms with Crippen molar-refractivity contribution in [1.29, 1.82) is 0 Å². The number of nitrogen functional groups attached to an aromatic ring is 1. The largest absolute Gasteiger partial charge is 0.437 e. The molecular weight excluding hydrogens is 331 g/mol. The summed E-state index contributed by atoms with van der Waals surface area (Å²) < 4.78 is 5.78. The number of aryl methyl sites for hydroxylation is 1. The minimum Gasteiger partial charge on any atom is -0.437 e. The highest BCUT2D eigenvalue weighted by Gasteiger charge is 2.14. The molecule has 2 N–H and O–H groups in total. The van der Waals surface area contributed by atoms with Crippen LogP contribution in [0.1, 0.15) is 30.9 Å². The number of nitrogens with zero attached hydrogens (tertiary/aromatic N) is 1. The molecule has 0 spiro atoms. The molecule has 0 radical (unpaired) electrons. The zero-order chi connectivity index (χ0) is 15.7. The quantitative estimate of drug-likeness (QED) is 0.759. The van der Waals surface area contributed by atoms with Crippen molar-refractivity contribution in [2.24, 2.45) is 0 Å². The fourth-order valence-corrected chi connectivity index (χ4v) is 2.69. The highest BCUT2D eigenvalue weighted by Crippen LogP contribution is 2.36. The molecule has 3 nitrogen and oxygen atoms in total. The Labute approximate surface area is 139 Å². The van der Waals surface area contributed by atoms with Crippen molar-refractivity contribution in [3.8, 4) is 11.6 Å². The van der Waals surface area contributed by atoms with Gasteiger partial charge in [0.05, 0.1) is 5.02 Å². The highest BCUT2D eigenvalue weighted by atomic mass is 35.5. The van der Waals surface area contributed by atoms with Crippen LogP contribution in [-0.4, -0.2) is 4.98 Å². The molecule has 0 aliphatic rings. The van der Waals surface area contributed by atoms with Crippen LogP contribution in [0, 0.1) is 6.92 Å². The molecule has 0 fully saturated rings. The molecular formula is C15H15Cl3N2O. The zero-order valence-corrected chi connectivity index (χ0v) is 14.1. The smallest absolute Gasteiger partial charge is 0.240 e. The van der Waals surface area contributed by atoms with Gasteiger partial charge in [-0.3, -0.25) is 0 Å². The van der Waals surface area contributed by atoms with E-state index in [1.54, 1.807) is 0 Å². The van der Waals surface area contributed by atoms with E-state index in [1.165, 1.54) is 6.07 Å². The van der Waals surface area contributed by atoms with E-state index in [-0.39, 0.29) is 17.6 Å². The van der Waals surface area contributed by atoms with Gasteiger partial charge in [0.15, 0.2) is 0 Å². The number of benzene rings is 1. The molecule has 6 heteroatoms. The zero-order valence-electron chi connectivity index (χ0n) is 11.9. The summed E-state index contributed by atoms with van der Waals surface area (Å²) in [5.74, 6) is 1.31. The first-order valence-electron chi connectivity index (χ1n) is 6.39. The summed E-state index contributed by atoms with van der Waals surface area (Å²) in [6.07, 6.45) is 0. The molecule has 0 saturated carbocycles. The van der Waals surface area contributed by atoms with Crippen molar-refractivity contribution in [2.45, 2.75) is 26.7 Å². The van der Waals surface area contributed by atoms with Gasteiger partial charge in [-0.25, -0.2) is 0 Å². The molecule has 112 valence electrons. The Hall–Kier alpha value is -1.16. The van der Waals surface area contributed by atoms with E-state index in [0.717, 1.165) is 11.1 Å². The molecule has 0 atom stereocenters. The molecule has 0 amide bonds. The van der Waals surface area contributed by atoms with Crippen LogP contribution in [-0.2, 0) is 0 Å². The van der Waals surface area contributed by atoms with Crippen molar-refractivity contribution in [3.05, 3.63) is 44.4 Å². The maximum Gasteiger partial charge on any atom is 0.240 e. The van der Waals surface area contributed by atoms with E-state index in [2.05, 4.69) is 18.8 Å². The van der Waals surface area contributed by atoms with Crippen molar-refractivity contribution in [2.75, 3.05) is 5.73 Å². The van der Waals surface area contributed by atoms with Crippen LogP contribution in [0.3, 0.4) is 0 Å². The number of halogens is 3. The van der Waals surface area contributed by atoms with E-state index in [9.17, 15) is 0 Å². The minimum atomic E-state index is 0.173. The normalized spacial score (nSPS) is 11.0. The van der Waals surface area contributed by atoms with E-state index in [4.69, 9.17) is 45.3 Å². The minimum absolute atomic E-state index is 0.173. The molecule has 0 saturated heterocycles. The molecule has 1 aromatic carbocycles. The van der Waals surface area contributed by atoms with E-state index >= 15 is 0 Å². The van der Waals surface area contributed by atoms with Crippen molar-refractivity contribution in [3.63, 3.8) is 0 Å². The summed E-state index contributed by atoms with van der Waals surface area (Å²) >= 11 is 18.2. The van der Waals surface area contributed by atoms with Gasteiger partial charge in [-0.1, -0.05) is 48.7 Å². The molecule has 2 aromatic rings. The third-order valence-electron chi connectivity index (χ3n) is 3.05. The summed E-state index contributed by atoms with van der Waals surface area (Å²) in [6.45, 7) is 6.02. The monoisotopic (exact) mass is 344 g/mol. The van der Waals surface area contributed by atoms with E-state index in [1.807, 2.05) is 19.1 Å². The van der Waals surface area contributed by atoms with Gasteiger partial charge in [-0.05, 0) is 42.2 Å². The second-order valence-electron chi connectivity index (χ2n) is 5.04. The topological polar surface area (TPSA) is 48.1 Å². The number of pyridine rings is 1. The van der Waals surface area contributed by atoms with Crippen molar-refractivity contribution in [1.82, 2.24) is 4.98 Å². The van der Waals surface area contributed by atoms with Gasteiger partial charge in [0.25, 0.3) is 0 Å². The molecule has 0 unspecified atom stereocenters. The molecule has 0 aliphatic carbocycles. The van der Waals surface area contributed by atoms with Crippen LogP contribution in [0.2, 0.25) is 15.1 Å². The first kappa shape index (κ1) is 16.2. The Morgan fingerprint density at radius 1 is 1.05 bits per heavy atom. The predicted octanol–water partition coefficient (Wildman–Crippen LogP) is 5.85. The van der Waals surface area contributed by atoms with Gasteiger partial charge < -0.3 is 10.5 Å². The third kappa shape index (κ3) is 3.54. The molecule has 1 aromatic heterocycles. The maximum absolute atomic E-state index is 6.24. The number of aromatic nitrogens is 1. The van der Waals surface area contributed by atoms with Crippen LogP contribution in [0.25, 0.3) is 0 Å². The van der Waals surface area contributed by atoms with Gasteiger partial charge in [-0.15, -0.1) is 0 Å².